The van der Waals surface area contributed by atoms with Crippen LogP contribution >= 0.6 is 0 Å². The Morgan fingerprint density at radius 2 is 2.11 bits per heavy atom. The van der Waals surface area contributed by atoms with Crippen LogP contribution in [0.1, 0.15) is 11.1 Å². The average molecular weight is 271 g/mol. The lowest BCUT2D eigenvalue weighted by Gasteiger charge is -2.11. The number of alkyl carbamates (subject to hydrolysis) is 1. The van der Waals surface area contributed by atoms with E-state index in [1.807, 2.05) is 6.92 Å². The molecule has 1 N–H and O–H groups in total. The fourth-order valence-electron chi connectivity index (χ4n) is 1.70. The summed E-state index contributed by atoms with van der Waals surface area (Å²) in [5.41, 5.74) is 1.56. The highest BCUT2D eigenvalue weighted by atomic mass is 32.2. The summed E-state index contributed by atoms with van der Waals surface area (Å²) in [4.78, 5) is 10.9. The molecule has 0 bridgehead atoms. The third kappa shape index (κ3) is 2.62. The van der Waals surface area contributed by atoms with Crippen molar-refractivity contribution in [3.8, 4) is 0 Å². The Bertz CT molecular complexity index is 581. The maximum atomic E-state index is 12.0. The summed E-state index contributed by atoms with van der Waals surface area (Å²) in [6.45, 7) is 3.44. The molecule has 0 saturated carbocycles. The van der Waals surface area contributed by atoms with Gasteiger partial charge >= 0.3 is 6.09 Å². The van der Waals surface area contributed by atoms with Crippen LogP contribution < -0.4 is 5.32 Å². The number of rotatable bonds is 3. The molecule has 2 rings (SSSR count). The van der Waals surface area contributed by atoms with Crippen LogP contribution in [0.5, 0.6) is 0 Å². The zero-order valence-corrected chi connectivity index (χ0v) is 10.8. The van der Waals surface area contributed by atoms with Gasteiger partial charge in [0.15, 0.2) is 6.23 Å². The Kier molecular flexibility index (Phi) is 3.27. The van der Waals surface area contributed by atoms with Crippen molar-refractivity contribution in [1.29, 1.82) is 0 Å². The van der Waals surface area contributed by atoms with Crippen LogP contribution in [0.3, 0.4) is 0 Å². The van der Waals surface area contributed by atoms with Gasteiger partial charge in [-0.25, -0.2) is 8.98 Å². The number of aryl methyl sites for hydroxylation is 2. The number of hydrogen-bond acceptors (Lipinski definition) is 5. The topological polar surface area (TPSA) is 81.7 Å². The van der Waals surface area contributed by atoms with E-state index in [1.54, 1.807) is 19.1 Å². The lowest BCUT2D eigenvalue weighted by molar-refractivity contribution is 0.150. The second-order valence-electron chi connectivity index (χ2n) is 4.05. The highest BCUT2D eigenvalue weighted by Gasteiger charge is 2.29. The molecule has 1 aromatic carbocycles. The Balaban J connectivity index is 2.23. The maximum absolute atomic E-state index is 12.0. The van der Waals surface area contributed by atoms with Crippen molar-refractivity contribution in [1.82, 2.24) is 5.32 Å². The van der Waals surface area contributed by atoms with Gasteiger partial charge in [-0.1, -0.05) is 17.7 Å². The van der Waals surface area contributed by atoms with Gasteiger partial charge in [-0.05, 0) is 25.5 Å². The third-order valence-electron chi connectivity index (χ3n) is 2.49. The molecule has 18 heavy (non-hydrogen) atoms. The van der Waals surface area contributed by atoms with Gasteiger partial charge in [-0.15, -0.1) is 0 Å². The van der Waals surface area contributed by atoms with Gasteiger partial charge in [0.25, 0.3) is 10.1 Å². The molecule has 1 aliphatic heterocycles. The summed E-state index contributed by atoms with van der Waals surface area (Å²) < 4.78 is 33.4. The molecule has 1 aliphatic rings. The number of hydrogen-bond donors (Lipinski definition) is 1. The molecular weight excluding hydrogens is 258 g/mol. The number of carbonyl (C=O) groups is 1. The molecule has 0 spiro atoms. The zero-order chi connectivity index (χ0) is 13.3. The monoisotopic (exact) mass is 271 g/mol. The molecule has 1 saturated heterocycles. The second kappa shape index (κ2) is 4.58. The normalized spacial score (nSPS) is 19.4. The molecule has 6 nitrogen and oxygen atoms in total. The van der Waals surface area contributed by atoms with E-state index in [4.69, 9.17) is 4.18 Å². The summed E-state index contributed by atoms with van der Waals surface area (Å²) in [6.07, 6.45) is -1.65. The first-order valence-electron chi connectivity index (χ1n) is 5.32. The summed E-state index contributed by atoms with van der Waals surface area (Å²) in [7, 11) is -3.91. The lowest BCUT2D eigenvalue weighted by Crippen LogP contribution is -2.31. The quantitative estimate of drug-likeness (QED) is 0.832. The van der Waals surface area contributed by atoms with Gasteiger partial charge < -0.3 is 4.74 Å². The first-order chi connectivity index (χ1) is 8.38. The highest BCUT2D eigenvalue weighted by Crippen LogP contribution is 2.20. The predicted molar refractivity (Wildman–Crippen MR) is 62.5 cm³/mol. The van der Waals surface area contributed by atoms with E-state index in [2.05, 4.69) is 10.1 Å². The minimum absolute atomic E-state index is 0.0919. The molecule has 0 aliphatic carbocycles. The fourth-order valence-corrected chi connectivity index (χ4v) is 2.90. The van der Waals surface area contributed by atoms with Crippen LogP contribution in [0.25, 0.3) is 0 Å². The van der Waals surface area contributed by atoms with E-state index in [1.165, 1.54) is 6.07 Å². The number of cyclic esters (lactones) is 1. The molecule has 0 radical (unpaired) electrons. The van der Waals surface area contributed by atoms with Crippen molar-refractivity contribution >= 4 is 16.2 Å². The van der Waals surface area contributed by atoms with E-state index in [0.717, 1.165) is 5.56 Å². The Morgan fingerprint density at radius 3 is 2.67 bits per heavy atom. The van der Waals surface area contributed by atoms with Gasteiger partial charge in [0.05, 0.1) is 4.90 Å². The second-order valence-corrected chi connectivity index (χ2v) is 5.59. The van der Waals surface area contributed by atoms with Crippen molar-refractivity contribution in [2.24, 2.45) is 0 Å². The number of ether oxygens (including phenoxy) is 1. The summed E-state index contributed by atoms with van der Waals surface area (Å²) >= 11 is 0. The fraction of sp³-hybridized carbons (Fsp3) is 0.364. The molecule has 0 aromatic heterocycles. The van der Waals surface area contributed by atoms with Crippen molar-refractivity contribution < 1.29 is 22.1 Å². The molecule has 98 valence electrons. The summed E-state index contributed by atoms with van der Waals surface area (Å²) in [6, 6.07) is 4.92. The summed E-state index contributed by atoms with van der Waals surface area (Å²) in [5, 5.41) is 2.25. The van der Waals surface area contributed by atoms with Gasteiger partial charge in [0, 0.05) is 0 Å². The van der Waals surface area contributed by atoms with Crippen molar-refractivity contribution in [3.05, 3.63) is 29.3 Å². The average Bonchev–Trinajstić information content (AvgIpc) is 2.62. The smallest absolute Gasteiger partial charge is 0.409 e. The molecule has 1 fully saturated rings. The van der Waals surface area contributed by atoms with Gasteiger partial charge in [-0.3, -0.25) is 5.32 Å². The minimum Gasteiger partial charge on any atom is -0.445 e. The standard InChI is InChI=1S/C11H13NO5S/c1-7-3-4-9(8(2)5-7)18(14,15)17-10-6-16-11(13)12-10/h3-5,10H,6H2,1-2H3,(H,12,13)/t10-/m0/s1. The van der Waals surface area contributed by atoms with Crippen molar-refractivity contribution in [2.75, 3.05) is 6.61 Å². The molecule has 1 amide bonds. The minimum atomic E-state index is -3.91. The number of nitrogens with one attached hydrogen (secondary N) is 1. The van der Waals surface area contributed by atoms with Crippen molar-refractivity contribution in [3.63, 3.8) is 0 Å². The van der Waals surface area contributed by atoms with E-state index < -0.39 is 22.4 Å². The third-order valence-corrected chi connectivity index (χ3v) is 3.97. The van der Waals surface area contributed by atoms with Crippen LogP contribution in [-0.2, 0) is 19.0 Å². The van der Waals surface area contributed by atoms with Crippen LogP contribution in [0.4, 0.5) is 4.79 Å². The molecule has 1 aromatic rings. The highest BCUT2D eigenvalue weighted by molar-refractivity contribution is 7.86. The largest absolute Gasteiger partial charge is 0.445 e. The van der Waals surface area contributed by atoms with Crippen LogP contribution in [-0.4, -0.2) is 27.3 Å². The summed E-state index contributed by atoms with van der Waals surface area (Å²) in [5.74, 6) is 0. The van der Waals surface area contributed by atoms with E-state index in [9.17, 15) is 13.2 Å². The first-order valence-corrected chi connectivity index (χ1v) is 6.73. The van der Waals surface area contributed by atoms with E-state index in [-0.39, 0.29) is 11.5 Å². The molecule has 0 unspecified atom stereocenters. The lowest BCUT2D eigenvalue weighted by atomic mass is 10.2. The maximum Gasteiger partial charge on any atom is 0.409 e. The number of carbonyl (C=O) groups excluding carboxylic acids is 1. The van der Waals surface area contributed by atoms with Crippen LogP contribution in [0.2, 0.25) is 0 Å². The van der Waals surface area contributed by atoms with Gasteiger partial charge in [0.2, 0.25) is 0 Å². The Hall–Kier alpha value is -1.60. The first kappa shape index (κ1) is 12.8. The van der Waals surface area contributed by atoms with Gasteiger partial charge in [-0.2, -0.15) is 8.42 Å². The molecule has 1 heterocycles. The van der Waals surface area contributed by atoms with Crippen LogP contribution in [0.15, 0.2) is 23.1 Å². The molecular formula is C11H13NO5S. The number of amides is 1. The predicted octanol–water partition coefficient (Wildman–Crippen LogP) is 1.07. The Labute approximate surface area is 105 Å². The van der Waals surface area contributed by atoms with Crippen LogP contribution in [0, 0.1) is 13.8 Å². The zero-order valence-electron chi connectivity index (χ0n) is 9.97. The van der Waals surface area contributed by atoms with Gasteiger partial charge in [0.1, 0.15) is 6.61 Å². The van der Waals surface area contributed by atoms with E-state index >= 15 is 0 Å². The molecule has 1 atom stereocenters. The van der Waals surface area contributed by atoms with E-state index in [0.29, 0.717) is 5.56 Å². The molecule has 7 heteroatoms. The van der Waals surface area contributed by atoms with Crippen molar-refractivity contribution in [2.45, 2.75) is 25.0 Å². The number of benzene rings is 1. The SMILES string of the molecule is Cc1ccc(S(=O)(=O)O[C@H]2COC(=O)N2)c(C)c1. The Morgan fingerprint density at radius 1 is 1.39 bits per heavy atom.